The van der Waals surface area contributed by atoms with Crippen LogP contribution >= 0.6 is 19.6 Å². The maximum atomic E-state index is 12.8. The van der Waals surface area contributed by atoms with Crippen molar-refractivity contribution in [3.8, 4) is 0 Å². The first-order chi connectivity index (χ1) is 17.6. The van der Waals surface area contributed by atoms with Gasteiger partial charge in [-0.05, 0) is 20.8 Å². The molecule has 3 N–H and O–H groups in total. The predicted molar refractivity (Wildman–Crippen MR) is 137 cm³/mol. The number of carbonyl (C=O) groups excluding carboxylic acids is 5. The zero-order valence-corrected chi connectivity index (χ0v) is 24.3. The Balaban J connectivity index is 2.41. The number of phosphoric acid groups is 1. The molecule has 1 aliphatic heterocycles. The summed E-state index contributed by atoms with van der Waals surface area (Å²) in [6.45, 7) is 9.15. The van der Waals surface area contributed by atoms with Crippen LogP contribution in [0.15, 0.2) is 0 Å². The third-order valence-corrected chi connectivity index (χ3v) is 6.93. The molecule has 0 bridgehead atoms. The zero-order chi connectivity index (χ0) is 29.0. The second kappa shape index (κ2) is 15.4. The maximum absolute atomic E-state index is 12.8. The molecular formula is C22H38N3O11PS. The van der Waals surface area contributed by atoms with Crippen LogP contribution in [0.3, 0.4) is 0 Å². The molecule has 38 heavy (non-hydrogen) atoms. The van der Waals surface area contributed by atoms with Gasteiger partial charge in [-0.1, -0.05) is 25.6 Å². The van der Waals surface area contributed by atoms with E-state index in [-0.39, 0.29) is 43.7 Å². The first kappa shape index (κ1) is 33.8. The predicted octanol–water partition coefficient (Wildman–Crippen LogP) is 1.73. The summed E-state index contributed by atoms with van der Waals surface area (Å²) in [4.78, 5) is 58.8. The van der Waals surface area contributed by atoms with Crippen LogP contribution in [0, 0.1) is 10.8 Å². The molecule has 1 heterocycles. The molecule has 1 fully saturated rings. The van der Waals surface area contributed by atoms with Crippen molar-refractivity contribution in [2.45, 2.75) is 54.1 Å². The smallest absolute Gasteiger partial charge is 0.463 e. The number of rotatable bonds is 13. The Hall–Kier alpha value is -2.19. The molecule has 1 unspecified atom stereocenters. The number of hydrogen-bond donors (Lipinski definition) is 3. The summed E-state index contributed by atoms with van der Waals surface area (Å²) in [5.74, 6) is -0.903. The molecule has 1 saturated heterocycles. The lowest BCUT2D eigenvalue weighted by Gasteiger charge is -2.39. The number of nitrogens with one attached hydrogen (secondary N) is 3. The van der Waals surface area contributed by atoms with E-state index >= 15 is 0 Å². The van der Waals surface area contributed by atoms with Crippen molar-refractivity contribution < 1.29 is 51.6 Å². The van der Waals surface area contributed by atoms with Crippen LogP contribution in [-0.2, 0) is 46.8 Å². The molecular weight excluding hydrogens is 545 g/mol. The molecule has 3 amide bonds. The van der Waals surface area contributed by atoms with Gasteiger partial charge in [0.1, 0.15) is 6.61 Å². The molecule has 0 aromatic carbocycles. The van der Waals surface area contributed by atoms with Crippen LogP contribution in [-0.4, -0.2) is 80.5 Å². The topological polar surface area (TPSA) is 185 Å². The average Bonchev–Trinajstić information content (AvgIpc) is 2.80. The lowest BCUT2D eigenvalue weighted by atomic mass is 9.87. The highest BCUT2D eigenvalue weighted by Crippen LogP contribution is 2.57. The van der Waals surface area contributed by atoms with Crippen LogP contribution in [0.4, 0.5) is 4.79 Å². The van der Waals surface area contributed by atoms with E-state index in [9.17, 15) is 28.5 Å². The Morgan fingerprint density at radius 1 is 1.03 bits per heavy atom. The third-order valence-electron chi connectivity index (χ3n) is 4.78. The van der Waals surface area contributed by atoms with Crippen LogP contribution < -0.4 is 16.0 Å². The summed E-state index contributed by atoms with van der Waals surface area (Å²) < 4.78 is 38.1. The van der Waals surface area contributed by atoms with Gasteiger partial charge in [0, 0.05) is 37.6 Å². The molecule has 0 spiro atoms. The summed E-state index contributed by atoms with van der Waals surface area (Å²) >= 11 is 1.10. The summed E-state index contributed by atoms with van der Waals surface area (Å²) in [5, 5.41) is 7.48. The monoisotopic (exact) mass is 583 g/mol. The van der Waals surface area contributed by atoms with Crippen molar-refractivity contribution in [2.75, 3.05) is 45.4 Å². The molecule has 1 rings (SSSR count). The molecule has 0 aromatic rings. The number of esters is 1. The number of amides is 3. The van der Waals surface area contributed by atoms with Crippen molar-refractivity contribution in [1.29, 1.82) is 0 Å². The van der Waals surface area contributed by atoms with E-state index in [1.807, 2.05) is 0 Å². The third kappa shape index (κ3) is 13.1. The average molecular weight is 584 g/mol. The summed E-state index contributed by atoms with van der Waals surface area (Å²) in [7, 11) is -4.25. The standard InChI is InChI=1S/C22H38N3O11PS/c1-15(26)38-12-10-23-16(27)7-8-24-18(28)17-22(5,6)13-34-37(31,36-17)35-14-33-20(30)25-9-11-32-19(29)21(2,3)4/h17H,7-14H2,1-6H3,(H,23,27)(H,24,28)(H,25,30)/t17-,37?/m0/s1. The Morgan fingerprint density at radius 2 is 1.71 bits per heavy atom. The van der Waals surface area contributed by atoms with E-state index in [1.165, 1.54) is 6.92 Å². The molecule has 16 heteroatoms. The SMILES string of the molecule is CC(=O)SCCNC(=O)CCNC(=O)[C@@H]1OP(=O)(OCOC(=O)NCCOC(=O)C(C)(C)C)OCC1(C)C. The summed E-state index contributed by atoms with van der Waals surface area (Å²) in [6.07, 6.45) is -2.16. The first-order valence-corrected chi connectivity index (χ1v) is 14.3. The molecule has 1 aliphatic rings. The Kier molecular flexibility index (Phi) is 13.7. The molecule has 2 atom stereocenters. The van der Waals surface area contributed by atoms with E-state index in [1.54, 1.807) is 34.6 Å². The second-order valence-electron chi connectivity index (χ2n) is 9.92. The zero-order valence-electron chi connectivity index (χ0n) is 22.6. The van der Waals surface area contributed by atoms with Crippen molar-refractivity contribution in [3.05, 3.63) is 0 Å². The van der Waals surface area contributed by atoms with Crippen LogP contribution in [0.25, 0.3) is 0 Å². The number of thioether (sulfide) groups is 1. The Morgan fingerprint density at radius 3 is 2.34 bits per heavy atom. The van der Waals surface area contributed by atoms with Gasteiger partial charge in [-0.25, -0.2) is 13.9 Å². The van der Waals surface area contributed by atoms with Gasteiger partial charge >= 0.3 is 19.9 Å². The minimum atomic E-state index is -4.25. The highest BCUT2D eigenvalue weighted by molar-refractivity contribution is 8.13. The molecule has 0 radical (unpaired) electrons. The van der Waals surface area contributed by atoms with Gasteiger partial charge < -0.3 is 25.4 Å². The highest BCUT2D eigenvalue weighted by Gasteiger charge is 2.49. The normalized spacial score (nSPS) is 20.6. The van der Waals surface area contributed by atoms with Gasteiger partial charge in [-0.15, -0.1) is 0 Å². The van der Waals surface area contributed by atoms with Gasteiger partial charge in [-0.2, -0.15) is 0 Å². The fraction of sp³-hybridized carbons (Fsp3) is 0.773. The minimum Gasteiger partial charge on any atom is -0.463 e. The van der Waals surface area contributed by atoms with Crippen molar-refractivity contribution in [1.82, 2.24) is 16.0 Å². The second-order valence-corrected chi connectivity index (χ2v) is 12.8. The van der Waals surface area contributed by atoms with Gasteiger partial charge in [0.25, 0.3) is 0 Å². The molecule has 0 aliphatic carbocycles. The Labute approximate surface area is 226 Å². The number of ether oxygens (including phenoxy) is 2. The molecule has 218 valence electrons. The van der Waals surface area contributed by atoms with Crippen molar-refractivity contribution in [3.63, 3.8) is 0 Å². The van der Waals surface area contributed by atoms with Crippen LogP contribution in [0.1, 0.15) is 48.0 Å². The number of alkyl carbamates (subject to hydrolysis) is 1. The fourth-order valence-corrected chi connectivity index (χ4v) is 4.67. The lowest BCUT2D eigenvalue weighted by Crippen LogP contribution is -2.50. The molecule has 0 saturated carbocycles. The van der Waals surface area contributed by atoms with Gasteiger partial charge in [-0.3, -0.25) is 28.2 Å². The van der Waals surface area contributed by atoms with Gasteiger partial charge in [0.2, 0.25) is 18.6 Å². The minimum absolute atomic E-state index is 0.000813. The largest absolute Gasteiger partial charge is 0.478 e. The summed E-state index contributed by atoms with van der Waals surface area (Å²) in [6, 6.07) is 0. The Bertz CT molecular complexity index is 907. The van der Waals surface area contributed by atoms with Gasteiger partial charge in [0.15, 0.2) is 11.2 Å². The lowest BCUT2D eigenvalue weighted by molar-refractivity contribution is -0.152. The summed E-state index contributed by atoms with van der Waals surface area (Å²) in [5.41, 5.74) is -1.55. The van der Waals surface area contributed by atoms with E-state index in [0.29, 0.717) is 12.3 Å². The molecule has 14 nitrogen and oxygen atoms in total. The van der Waals surface area contributed by atoms with Crippen molar-refractivity contribution >= 4 is 48.6 Å². The highest BCUT2D eigenvalue weighted by atomic mass is 32.2. The van der Waals surface area contributed by atoms with Crippen LogP contribution in [0.2, 0.25) is 0 Å². The van der Waals surface area contributed by atoms with Crippen LogP contribution in [0.5, 0.6) is 0 Å². The maximum Gasteiger partial charge on any atom is 0.478 e. The van der Waals surface area contributed by atoms with E-state index in [2.05, 4.69) is 16.0 Å². The first-order valence-electron chi connectivity index (χ1n) is 11.9. The fourth-order valence-electron chi connectivity index (χ4n) is 2.67. The molecule has 0 aromatic heterocycles. The number of hydrogen-bond acceptors (Lipinski definition) is 12. The van der Waals surface area contributed by atoms with E-state index in [0.717, 1.165) is 11.8 Å². The number of phosphoric ester groups is 1. The van der Waals surface area contributed by atoms with E-state index in [4.69, 9.17) is 23.0 Å². The van der Waals surface area contributed by atoms with Gasteiger partial charge in [0.05, 0.1) is 18.6 Å². The van der Waals surface area contributed by atoms with E-state index < -0.39 is 49.5 Å². The quantitative estimate of drug-likeness (QED) is 0.124. The number of carbonyl (C=O) groups is 5. The van der Waals surface area contributed by atoms with Crippen molar-refractivity contribution in [2.24, 2.45) is 10.8 Å².